The van der Waals surface area contributed by atoms with E-state index in [1.807, 2.05) is 6.92 Å². The Balaban J connectivity index is 2.37. The molecule has 0 aromatic rings. The van der Waals surface area contributed by atoms with Crippen molar-refractivity contribution in [1.29, 1.82) is 0 Å². The first-order chi connectivity index (χ1) is 11.0. The van der Waals surface area contributed by atoms with E-state index in [1.165, 1.54) is 6.42 Å². The highest BCUT2D eigenvalue weighted by Crippen LogP contribution is 2.23. The summed E-state index contributed by atoms with van der Waals surface area (Å²) in [5.74, 6) is 0.0357. The van der Waals surface area contributed by atoms with Gasteiger partial charge in [0, 0.05) is 6.04 Å². The van der Waals surface area contributed by atoms with E-state index in [9.17, 15) is 14.4 Å². The van der Waals surface area contributed by atoms with Gasteiger partial charge in [0.25, 0.3) is 11.8 Å². The van der Waals surface area contributed by atoms with Crippen molar-refractivity contribution in [2.45, 2.75) is 52.5 Å². The highest BCUT2D eigenvalue weighted by molar-refractivity contribution is 5.92. The third-order valence-electron chi connectivity index (χ3n) is 4.30. The molecular weight excluding hydrogens is 298 g/mol. The van der Waals surface area contributed by atoms with Gasteiger partial charge in [-0.2, -0.15) is 0 Å². The average molecular weight is 328 g/mol. The number of rotatable bonds is 7. The van der Waals surface area contributed by atoms with Crippen LogP contribution in [0.25, 0.3) is 0 Å². The summed E-state index contributed by atoms with van der Waals surface area (Å²) >= 11 is 0. The van der Waals surface area contributed by atoms with Crippen LogP contribution >= 0.6 is 0 Å². The van der Waals surface area contributed by atoms with Gasteiger partial charge in [-0.25, -0.2) is 4.79 Å². The molecule has 7 heteroatoms. The molecule has 0 radical (unpaired) electrons. The molecule has 3 atom stereocenters. The number of carbonyl (C=O) groups excluding carboxylic acids is 3. The number of nitrogens with one attached hydrogen (secondary N) is 3. The van der Waals surface area contributed by atoms with E-state index in [-0.39, 0.29) is 31.6 Å². The molecule has 0 bridgehead atoms. The van der Waals surface area contributed by atoms with Crippen LogP contribution in [0.3, 0.4) is 0 Å². The summed E-state index contributed by atoms with van der Waals surface area (Å²) in [5, 5.41) is 5.24. The maximum Gasteiger partial charge on any atom is 0.414 e. The molecule has 0 aliphatic heterocycles. The zero-order chi connectivity index (χ0) is 17.2. The van der Waals surface area contributed by atoms with Crippen LogP contribution in [-0.4, -0.2) is 50.2 Å². The second kappa shape index (κ2) is 10.2. The summed E-state index contributed by atoms with van der Waals surface area (Å²) in [7, 11) is 0. The molecule has 1 aliphatic rings. The number of imide groups is 1. The lowest BCUT2D eigenvalue weighted by molar-refractivity contribution is -0.881. The number of hydrogen-bond donors (Lipinski definition) is 3. The molecule has 0 spiro atoms. The van der Waals surface area contributed by atoms with Crippen LogP contribution in [0.1, 0.15) is 46.5 Å². The van der Waals surface area contributed by atoms with Gasteiger partial charge in [-0.3, -0.25) is 14.9 Å². The Hall–Kier alpha value is -1.63. The van der Waals surface area contributed by atoms with Crippen LogP contribution in [0.5, 0.6) is 0 Å². The zero-order valence-electron chi connectivity index (χ0n) is 14.4. The molecule has 0 aromatic heterocycles. The maximum absolute atomic E-state index is 12.2. The Labute approximate surface area is 138 Å². The van der Waals surface area contributed by atoms with Crippen LogP contribution in [-0.2, 0) is 14.3 Å². The van der Waals surface area contributed by atoms with Gasteiger partial charge in [-0.05, 0) is 32.6 Å². The molecule has 1 rings (SSSR count). The molecule has 23 heavy (non-hydrogen) atoms. The number of alkyl carbamates (subject to hydrolysis) is 1. The smallest absolute Gasteiger partial charge is 0.414 e. The lowest BCUT2D eigenvalue weighted by Gasteiger charge is -2.29. The van der Waals surface area contributed by atoms with Crippen LogP contribution in [0.4, 0.5) is 4.79 Å². The molecule has 132 valence electrons. The van der Waals surface area contributed by atoms with Gasteiger partial charge >= 0.3 is 6.09 Å². The van der Waals surface area contributed by atoms with Crippen molar-refractivity contribution < 1.29 is 24.0 Å². The van der Waals surface area contributed by atoms with Crippen LogP contribution < -0.4 is 15.5 Å². The maximum atomic E-state index is 12.2. The Kier molecular flexibility index (Phi) is 8.61. The highest BCUT2D eigenvalue weighted by atomic mass is 16.5. The minimum atomic E-state index is -0.742. The van der Waals surface area contributed by atoms with Gasteiger partial charge in [0.2, 0.25) is 0 Å². The molecule has 1 saturated carbocycles. The quantitative estimate of drug-likeness (QED) is 0.607. The van der Waals surface area contributed by atoms with Gasteiger partial charge in [0.05, 0.1) is 13.2 Å². The first-order valence-corrected chi connectivity index (χ1v) is 8.55. The number of ether oxygens (including phenoxy) is 1. The zero-order valence-corrected chi connectivity index (χ0v) is 14.4. The molecule has 3 amide bonds. The van der Waals surface area contributed by atoms with Crippen molar-refractivity contribution in [2.75, 3.05) is 26.2 Å². The van der Waals surface area contributed by atoms with Crippen molar-refractivity contribution in [3.63, 3.8) is 0 Å². The van der Waals surface area contributed by atoms with Gasteiger partial charge < -0.3 is 15.0 Å². The summed E-state index contributed by atoms with van der Waals surface area (Å²) in [4.78, 5) is 35.9. The van der Waals surface area contributed by atoms with E-state index in [0.717, 1.165) is 24.2 Å². The first kappa shape index (κ1) is 19.4. The average Bonchev–Trinajstić information content (AvgIpc) is 2.49. The monoisotopic (exact) mass is 328 g/mol. The Morgan fingerprint density at radius 3 is 2.35 bits per heavy atom. The molecule has 0 saturated heterocycles. The normalized spacial score (nSPS) is 22.0. The van der Waals surface area contributed by atoms with Gasteiger partial charge in [0.15, 0.2) is 13.1 Å². The summed E-state index contributed by atoms with van der Waals surface area (Å²) in [6.07, 6.45) is 3.82. The predicted octanol–water partition coefficient (Wildman–Crippen LogP) is -0.141. The van der Waals surface area contributed by atoms with E-state index in [0.29, 0.717) is 12.5 Å². The lowest BCUT2D eigenvalue weighted by atomic mass is 9.86. The summed E-state index contributed by atoms with van der Waals surface area (Å²) < 4.78 is 4.66. The molecule has 0 aromatic carbocycles. The molecule has 1 aliphatic carbocycles. The molecule has 7 nitrogen and oxygen atoms in total. The van der Waals surface area contributed by atoms with Crippen LogP contribution in [0.15, 0.2) is 0 Å². The summed E-state index contributed by atoms with van der Waals surface area (Å²) in [6.45, 7) is 6.89. The summed E-state index contributed by atoms with van der Waals surface area (Å²) in [6, 6.07) is 0.239. The molecule has 1 unspecified atom stereocenters. The van der Waals surface area contributed by atoms with Crippen LogP contribution in [0.2, 0.25) is 0 Å². The van der Waals surface area contributed by atoms with Crippen LogP contribution in [0, 0.1) is 5.92 Å². The molecule has 0 heterocycles. The number of likely N-dealkylation sites (N-methyl/N-ethyl adjacent to an activating group) is 1. The van der Waals surface area contributed by atoms with E-state index in [4.69, 9.17) is 0 Å². The largest absolute Gasteiger partial charge is 0.450 e. The van der Waals surface area contributed by atoms with Crippen molar-refractivity contribution >= 4 is 17.9 Å². The fourth-order valence-corrected chi connectivity index (χ4v) is 2.88. The highest BCUT2D eigenvalue weighted by Gasteiger charge is 2.25. The number of amides is 3. The minimum Gasteiger partial charge on any atom is -0.450 e. The summed E-state index contributed by atoms with van der Waals surface area (Å²) in [5.41, 5.74) is 0. The van der Waals surface area contributed by atoms with E-state index < -0.39 is 12.0 Å². The molecule has 3 N–H and O–H groups in total. The first-order valence-electron chi connectivity index (χ1n) is 8.55. The Morgan fingerprint density at radius 2 is 1.74 bits per heavy atom. The minimum absolute atomic E-state index is 0.0375. The fourth-order valence-electron chi connectivity index (χ4n) is 2.88. The topological polar surface area (TPSA) is 88.9 Å². The van der Waals surface area contributed by atoms with E-state index >= 15 is 0 Å². The van der Waals surface area contributed by atoms with Crippen molar-refractivity contribution in [1.82, 2.24) is 10.6 Å². The number of carbonyl (C=O) groups is 3. The van der Waals surface area contributed by atoms with Gasteiger partial charge in [0.1, 0.15) is 0 Å². The Bertz CT molecular complexity index is 414. The number of hydrogen-bond acceptors (Lipinski definition) is 4. The van der Waals surface area contributed by atoms with Crippen molar-refractivity contribution in [3.8, 4) is 0 Å². The molecular formula is C16H30N3O4+. The SMILES string of the molecule is CCOC(=O)NC(=O)C[NH+](CC)CC(=O)N[C@H]1CCCC[C@@H]1C. The molecule has 1 fully saturated rings. The standard InChI is InChI=1S/C16H29N3O4/c1-4-19(11-15(21)18-16(22)23-5-2)10-14(20)17-13-9-7-6-8-12(13)3/h12-13H,4-11H2,1-3H3,(H,17,20)(H,18,21,22)/p+1/t12-,13-/m0/s1. The number of quaternary nitrogens is 1. The second-order valence-electron chi connectivity index (χ2n) is 6.16. The van der Waals surface area contributed by atoms with Gasteiger partial charge in [-0.1, -0.05) is 19.8 Å². The van der Waals surface area contributed by atoms with Crippen molar-refractivity contribution in [2.24, 2.45) is 5.92 Å². The second-order valence-corrected chi connectivity index (χ2v) is 6.16. The Morgan fingerprint density at radius 1 is 1.09 bits per heavy atom. The lowest BCUT2D eigenvalue weighted by Crippen LogP contribution is -3.14. The fraction of sp³-hybridized carbons (Fsp3) is 0.812. The van der Waals surface area contributed by atoms with Crippen molar-refractivity contribution in [3.05, 3.63) is 0 Å². The third kappa shape index (κ3) is 7.45. The van der Waals surface area contributed by atoms with E-state index in [2.05, 4.69) is 22.3 Å². The predicted molar refractivity (Wildman–Crippen MR) is 86.0 cm³/mol. The van der Waals surface area contributed by atoms with E-state index in [1.54, 1.807) is 6.92 Å². The van der Waals surface area contributed by atoms with Gasteiger partial charge in [-0.15, -0.1) is 0 Å². The third-order valence-corrected chi connectivity index (χ3v) is 4.30.